The minimum Gasteiger partial charge on any atom is -0.324 e. The number of nitrogens with one attached hydrogen (secondary N) is 1. The van der Waals surface area contributed by atoms with Crippen molar-refractivity contribution in [3.8, 4) is 0 Å². The maximum absolute atomic E-state index is 13.3. The highest BCUT2D eigenvalue weighted by molar-refractivity contribution is 6.26. The number of rotatable bonds is 5. The number of hydrogen-bond acceptors (Lipinski definition) is 5. The van der Waals surface area contributed by atoms with Crippen molar-refractivity contribution in [2.24, 2.45) is 5.92 Å². The highest BCUT2D eigenvalue weighted by Crippen LogP contribution is 2.32. The van der Waals surface area contributed by atoms with Crippen LogP contribution in [0.3, 0.4) is 0 Å². The Morgan fingerprint density at radius 2 is 1.48 bits per heavy atom. The number of hydrogen-bond donors (Lipinski definition) is 1. The summed E-state index contributed by atoms with van der Waals surface area (Å²) in [5.74, 6) is -1.95. The predicted octanol–water partition coefficient (Wildman–Crippen LogP) is 4.01. The van der Waals surface area contributed by atoms with Gasteiger partial charge in [-0.1, -0.05) is 38.1 Å². The first-order chi connectivity index (χ1) is 14.8. The summed E-state index contributed by atoms with van der Waals surface area (Å²) < 4.78 is 0. The average molecular weight is 417 g/mol. The Morgan fingerprint density at radius 1 is 0.935 bits per heavy atom. The van der Waals surface area contributed by atoms with Crippen LogP contribution in [0.25, 0.3) is 10.8 Å². The Morgan fingerprint density at radius 3 is 1.97 bits per heavy atom. The molecular weight excluding hydrogens is 398 g/mol. The average Bonchev–Trinajstić information content (AvgIpc) is 2.74. The van der Waals surface area contributed by atoms with Crippen LogP contribution in [0.5, 0.6) is 0 Å². The number of carbonyl (C=O) groups excluding carboxylic acids is 3. The van der Waals surface area contributed by atoms with E-state index in [0.29, 0.717) is 22.2 Å². The van der Waals surface area contributed by atoms with Gasteiger partial charge in [0.15, 0.2) is 0 Å². The van der Waals surface area contributed by atoms with Gasteiger partial charge in [0.2, 0.25) is 5.91 Å². The van der Waals surface area contributed by atoms with Gasteiger partial charge in [0, 0.05) is 34.3 Å². The zero-order valence-electron chi connectivity index (χ0n) is 16.9. The molecule has 1 aliphatic rings. The van der Waals surface area contributed by atoms with Gasteiger partial charge in [-0.15, -0.1) is 0 Å². The third kappa shape index (κ3) is 3.42. The van der Waals surface area contributed by atoms with Crippen LogP contribution in [0.2, 0.25) is 0 Å². The van der Waals surface area contributed by atoms with Crippen molar-refractivity contribution in [3.63, 3.8) is 0 Å². The molecule has 0 aromatic heterocycles. The molecule has 1 heterocycles. The van der Waals surface area contributed by atoms with Gasteiger partial charge in [0.05, 0.1) is 4.92 Å². The standard InChI is InChI=1S/C23H19N3O5/c1-13(2)20(21(27)24-15-9-11-16(12-10-15)26(30)31)25-22(28)17-7-3-5-14-6-4-8-18(19(14)17)23(25)29/h3-13,20H,1-2H3,(H,24,27)/t20-/m0/s1. The maximum Gasteiger partial charge on any atom is 0.269 e. The summed E-state index contributed by atoms with van der Waals surface area (Å²) >= 11 is 0. The van der Waals surface area contributed by atoms with Gasteiger partial charge < -0.3 is 5.32 Å². The third-order valence-electron chi connectivity index (χ3n) is 5.33. The monoisotopic (exact) mass is 417 g/mol. The molecule has 8 heteroatoms. The number of nitro groups is 1. The van der Waals surface area contributed by atoms with Crippen LogP contribution < -0.4 is 5.32 Å². The van der Waals surface area contributed by atoms with Crippen LogP contribution in [0.4, 0.5) is 11.4 Å². The molecule has 0 unspecified atom stereocenters. The maximum atomic E-state index is 13.3. The number of benzene rings is 3. The molecule has 4 rings (SSSR count). The van der Waals surface area contributed by atoms with Crippen LogP contribution in [0.15, 0.2) is 60.7 Å². The number of anilines is 1. The SMILES string of the molecule is CC(C)[C@@H](C(=O)Nc1ccc([N+](=O)[O-])cc1)N1C(=O)c2cccc3cccc(c23)C1=O. The molecular formula is C23H19N3O5. The number of nitro benzene ring substituents is 1. The normalized spacial score (nSPS) is 14.1. The molecule has 156 valence electrons. The summed E-state index contributed by atoms with van der Waals surface area (Å²) in [6.07, 6.45) is 0. The van der Waals surface area contributed by atoms with Gasteiger partial charge in [0.1, 0.15) is 6.04 Å². The molecule has 0 spiro atoms. The third-order valence-corrected chi connectivity index (χ3v) is 5.33. The molecule has 1 N–H and O–H groups in total. The first-order valence-corrected chi connectivity index (χ1v) is 9.74. The molecule has 3 aromatic carbocycles. The number of nitrogens with zero attached hydrogens (tertiary/aromatic N) is 2. The Bertz CT molecular complexity index is 1180. The van der Waals surface area contributed by atoms with Crippen molar-refractivity contribution in [2.75, 3.05) is 5.32 Å². The van der Waals surface area contributed by atoms with E-state index in [2.05, 4.69) is 5.32 Å². The molecule has 0 fully saturated rings. The van der Waals surface area contributed by atoms with E-state index < -0.39 is 28.7 Å². The molecule has 0 saturated heterocycles. The first-order valence-electron chi connectivity index (χ1n) is 9.74. The Kier molecular flexibility index (Phi) is 4.98. The Labute approximate surface area is 177 Å². The fourth-order valence-corrected chi connectivity index (χ4v) is 3.90. The van der Waals surface area contributed by atoms with Gasteiger partial charge in [-0.3, -0.25) is 29.4 Å². The summed E-state index contributed by atoms with van der Waals surface area (Å²) in [4.78, 5) is 51.0. The van der Waals surface area contributed by atoms with Crippen molar-refractivity contribution >= 4 is 39.9 Å². The highest BCUT2D eigenvalue weighted by Gasteiger charge is 2.41. The fraction of sp³-hybridized carbons (Fsp3) is 0.174. The minimum absolute atomic E-state index is 0.107. The topological polar surface area (TPSA) is 110 Å². The number of amides is 3. The van der Waals surface area contributed by atoms with Crippen LogP contribution >= 0.6 is 0 Å². The van der Waals surface area contributed by atoms with Crippen LogP contribution in [-0.2, 0) is 4.79 Å². The molecule has 0 radical (unpaired) electrons. The van der Waals surface area contributed by atoms with Gasteiger partial charge in [0.25, 0.3) is 17.5 Å². The number of imide groups is 1. The predicted molar refractivity (Wildman–Crippen MR) is 115 cm³/mol. The van der Waals surface area contributed by atoms with Gasteiger partial charge in [-0.05, 0) is 35.6 Å². The van der Waals surface area contributed by atoms with E-state index in [0.717, 1.165) is 10.3 Å². The van der Waals surface area contributed by atoms with Crippen molar-refractivity contribution in [1.82, 2.24) is 4.90 Å². The van der Waals surface area contributed by atoms with Crippen molar-refractivity contribution in [2.45, 2.75) is 19.9 Å². The van der Waals surface area contributed by atoms with E-state index in [-0.39, 0.29) is 11.6 Å². The summed E-state index contributed by atoms with van der Waals surface area (Å²) in [6.45, 7) is 3.50. The van der Waals surface area contributed by atoms with E-state index >= 15 is 0 Å². The molecule has 1 atom stereocenters. The van der Waals surface area contributed by atoms with E-state index in [1.54, 1.807) is 38.1 Å². The minimum atomic E-state index is -1.06. The molecule has 0 saturated carbocycles. The second kappa shape index (κ2) is 7.64. The molecule has 8 nitrogen and oxygen atoms in total. The van der Waals surface area contributed by atoms with Crippen LogP contribution in [0, 0.1) is 16.0 Å². The second-order valence-electron chi connectivity index (χ2n) is 7.67. The van der Waals surface area contributed by atoms with Gasteiger partial charge in [-0.25, -0.2) is 0 Å². The number of non-ortho nitro benzene ring substituents is 1. The van der Waals surface area contributed by atoms with E-state index in [9.17, 15) is 24.5 Å². The zero-order valence-corrected chi connectivity index (χ0v) is 16.9. The fourth-order valence-electron chi connectivity index (χ4n) is 3.90. The van der Waals surface area contributed by atoms with E-state index in [1.165, 1.54) is 24.3 Å². The molecule has 0 bridgehead atoms. The molecule has 3 aromatic rings. The summed E-state index contributed by atoms with van der Waals surface area (Å²) in [7, 11) is 0. The smallest absolute Gasteiger partial charge is 0.269 e. The second-order valence-corrected chi connectivity index (χ2v) is 7.67. The summed E-state index contributed by atoms with van der Waals surface area (Å²) in [6, 6.07) is 14.8. The number of carbonyl (C=O) groups is 3. The lowest BCUT2D eigenvalue weighted by atomic mass is 9.91. The van der Waals surface area contributed by atoms with Crippen LogP contribution in [-0.4, -0.2) is 33.6 Å². The molecule has 31 heavy (non-hydrogen) atoms. The lowest BCUT2D eigenvalue weighted by Crippen LogP contribution is -2.54. The van der Waals surface area contributed by atoms with Gasteiger partial charge >= 0.3 is 0 Å². The largest absolute Gasteiger partial charge is 0.324 e. The van der Waals surface area contributed by atoms with E-state index in [1.807, 2.05) is 12.1 Å². The van der Waals surface area contributed by atoms with E-state index in [4.69, 9.17) is 0 Å². The Hall–Kier alpha value is -4.07. The summed E-state index contributed by atoms with van der Waals surface area (Å²) in [5, 5.41) is 14.9. The van der Waals surface area contributed by atoms with Gasteiger partial charge in [-0.2, -0.15) is 0 Å². The lowest BCUT2D eigenvalue weighted by Gasteiger charge is -2.35. The van der Waals surface area contributed by atoms with Crippen LogP contribution in [0.1, 0.15) is 34.6 Å². The molecule has 0 aliphatic carbocycles. The summed E-state index contributed by atoms with van der Waals surface area (Å²) in [5.41, 5.74) is 0.980. The first kappa shape index (κ1) is 20.2. The van der Waals surface area contributed by atoms with Crippen molar-refractivity contribution in [3.05, 3.63) is 81.9 Å². The highest BCUT2D eigenvalue weighted by atomic mass is 16.6. The lowest BCUT2D eigenvalue weighted by molar-refractivity contribution is -0.384. The van der Waals surface area contributed by atoms with Crippen molar-refractivity contribution in [1.29, 1.82) is 0 Å². The Balaban J connectivity index is 1.70. The molecule has 1 aliphatic heterocycles. The zero-order chi connectivity index (χ0) is 22.3. The molecule has 3 amide bonds. The quantitative estimate of drug-likeness (QED) is 0.383. The van der Waals surface area contributed by atoms with Crippen molar-refractivity contribution < 1.29 is 19.3 Å².